The van der Waals surface area contributed by atoms with Crippen molar-refractivity contribution in [2.24, 2.45) is 0 Å². The predicted molar refractivity (Wildman–Crippen MR) is 116 cm³/mol. The fourth-order valence-electron chi connectivity index (χ4n) is 3.44. The van der Waals surface area contributed by atoms with E-state index in [0.29, 0.717) is 12.1 Å². The van der Waals surface area contributed by atoms with E-state index in [1.807, 2.05) is 79.3 Å². The number of amides is 1. The molecule has 0 saturated heterocycles. The first-order chi connectivity index (χ1) is 14.1. The van der Waals surface area contributed by atoms with Crippen LogP contribution < -0.4 is 5.32 Å². The van der Waals surface area contributed by atoms with E-state index in [-0.39, 0.29) is 5.91 Å². The van der Waals surface area contributed by atoms with E-state index in [1.54, 1.807) is 6.33 Å². The van der Waals surface area contributed by atoms with Crippen LogP contribution in [0.1, 0.15) is 21.5 Å². The lowest BCUT2D eigenvalue weighted by molar-refractivity contribution is 0.0951. The van der Waals surface area contributed by atoms with Gasteiger partial charge in [-0.25, -0.2) is 4.98 Å². The van der Waals surface area contributed by atoms with Gasteiger partial charge in [-0.1, -0.05) is 36.4 Å². The molecule has 4 aromatic rings. The molecular formula is C24H24N4O. The van der Waals surface area contributed by atoms with E-state index in [9.17, 15) is 4.79 Å². The number of nitrogens with one attached hydrogen (secondary N) is 1. The third kappa shape index (κ3) is 4.20. The van der Waals surface area contributed by atoms with E-state index < -0.39 is 0 Å². The number of carbonyl (C=O) groups excluding carboxylic acids is 1. The Morgan fingerprint density at radius 1 is 0.931 bits per heavy atom. The molecule has 0 fully saturated rings. The smallest absolute Gasteiger partial charge is 0.251 e. The van der Waals surface area contributed by atoms with Gasteiger partial charge in [0, 0.05) is 24.3 Å². The fourth-order valence-corrected chi connectivity index (χ4v) is 3.44. The van der Waals surface area contributed by atoms with Crippen molar-refractivity contribution >= 4 is 16.9 Å². The lowest BCUT2D eigenvalue weighted by Gasteiger charge is -2.14. The quantitative estimate of drug-likeness (QED) is 0.546. The third-order valence-corrected chi connectivity index (χ3v) is 4.91. The van der Waals surface area contributed by atoms with E-state index in [2.05, 4.69) is 27.3 Å². The zero-order valence-electron chi connectivity index (χ0n) is 16.7. The van der Waals surface area contributed by atoms with Gasteiger partial charge in [-0.05, 0) is 61.6 Å². The molecule has 0 spiro atoms. The number of imidazole rings is 1. The van der Waals surface area contributed by atoms with Crippen molar-refractivity contribution in [3.05, 3.63) is 95.8 Å². The van der Waals surface area contributed by atoms with Crippen molar-refractivity contribution in [2.75, 3.05) is 14.1 Å². The first-order valence-corrected chi connectivity index (χ1v) is 9.64. The van der Waals surface area contributed by atoms with E-state index in [4.69, 9.17) is 0 Å². The summed E-state index contributed by atoms with van der Waals surface area (Å²) >= 11 is 0. The molecule has 0 bridgehead atoms. The Hall–Kier alpha value is -3.44. The number of fused-ring (bicyclic) bond motifs is 1. The van der Waals surface area contributed by atoms with E-state index >= 15 is 0 Å². The highest BCUT2D eigenvalue weighted by molar-refractivity contribution is 5.94. The molecule has 0 atom stereocenters. The van der Waals surface area contributed by atoms with Crippen molar-refractivity contribution in [3.63, 3.8) is 0 Å². The van der Waals surface area contributed by atoms with Gasteiger partial charge in [-0.2, -0.15) is 0 Å². The Morgan fingerprint density at radius 3 is 2.38 bits per heavy atom. The lowest BCUT2D eigenvalue weighted by Crippen LogP contribution is -2.24. The third-order valence-electron chi connectivity index (χ3n) is 4.91. The van der Waals surface area contributed by atoms with Crippen LogP contribution in [0.3, 0.4) is 0 Å². The van der Waals surface area contributed by atoms with Crippen LogP contribution in [0.15, 0.2) is 79.1 Å². The Morgan fingerprint density at radius 2 is 1.62 bits per heavy atom. The summed E-state index contributed by atoms with van der Waals surface area (Å²) in [6, 6.07) is 23.8. The van der Waals surface area contributed by atoms with Crippen LogP contribution in [0.25, 0.3) is 16.7 Å². The number of aromatic nitrogens is 2. The topological polar surface area (TPSA) is 50.2 Å². The summed E-state index contributed by atoms with van der Waals surface area (Å²) in [6.45, 7) is 1.36. The summed E-state index contributed by atoms with van der Waals surface area (Å²) < 4.78 is 2.02. The van der Waals surface area contributed by atoms with Gasteiger partial charge in [0.2, 0.25) is 0 Å². The minimum atomic E-state index is -0.0771. The van der Waals surface area contributed by atoms with Gasteiger partial charge in [0.25, 0.3) is 5.91 Å². The summed E-state index contributed by atoms with van der Waals surface area (Å²) in [7, 11) is 4.08. The number of rotatable bonds is 6. The molecule has 1 amide bonds. The Kier molecular flexibility index (Phi) is 5.40. The second kappa shape index (κ2) is 8.29. The Labute approximate surface area is 170 Å². The van der Waals surface area contributed by atoms with Crippen molar-refractivity contribution in [3.8, 4) is 5.69 Å². The summed E-state index contributed by atoms with van der Waals surface area (Å²) in [5.41, 5.74) is 5.97. The van der Waals surface area contributed by atoms with Gasteiger partial charge < -0.3 is 10.2 Å². The Bertz CT molecular complexity index is 1130. The van der Waals surface area contributed by atoms with Crippen LogP contribution >= 0.6 is 0 Å². The second-order valence-corrected chi connectivity index (χ2v) is 7.34. The largest absolute Gasteiger partial charge is 0.348 e. The number of para-hydroxylation sites is 2. The molecule has 0 aliphatic heterocycles. The fraction of sp³-hybridized carbons (Fsp3) is 0.167. The van der Waals surface area contributed by atoms with Gasteiger partial charge in [-0.3, -0.25) is 9.36 Å². The minimum Gasteiger partial charge on any atom is -0.348 e. The number of hydrogen-bond donors (Lipinski definition) is 1. The highest BCUT2D eigenvalue weighted by Gasteiger charge is 2.09. The van der Waals surface area contributed by atoms with Crippen molar-refractivity contribution in [1.82, 2.24) is 19.8 Å². The molecule has 5 nitrogen and oxygen atoms in total. The zero-order chi connectivity index (χ0) is 20.2. The van der Waals surface area contributed by atoms with Crippen LogP contribution in [0, 0.1) is 0 Å². The molecule has 1 aromatic heterocycles. The van der Waals surface area contributed by atoms with Crippen molar-refractivity contribution in [1.29, 1.82) is 0 Å². The van der Waals surface area contributed by atoms with Crippen LogP contribution in [-0.4, -0.2) is 34.5 Å². The maximum absolute atomic E-state index is 12.6. The van der Waals surface area contributed by atoms with Crippen LogP contribution in [0.4, 0.5) is 0 Å². The normalized spacial score (nSPS) is 11.1. The van der Waals surface area contributed by atoms with Gasteiger partial charge >= 0.3 is 0 Å². The van der Waals surface area contributed by atoms with Gasteiger partial charge in [0.15, 0.2) is 0 Å². The highest BCUT2D eigenvalue weighted by atomic mass is 16.1. The number of hydrogen-bond acceptors (Lipinski definition) is 3. The van der Waals surface area contributed by atoms with Crippen LogP contribution in [0.2, 0.25) is 0 Å². The van der Waals surface area contributed by atoms with E-state index in [1.165, 1.54) is 5.56 Å². The summed E-state index contributed by atoms with van der Waals surface area (Å²) in [5, 5.41) is 3.04. The second-order valence-electron chi connectivity index (χ2n) is 7.34. The molecule has 0 radical (unpaired) electrons. The molecule has 1 N–H and O–H groups in total. The zero-order valence-corrected chi connectivity index (χ0v) is 16.7. The molecule has 5 heteroatoms. The molecule has 0 unspecified atom stereocenters. The molecule has 0 saturated carbocycles. The first-order valence-electron chi connectivity index (χ1n) is 9.64. The molecule has 3 aromatic carbocycles. The van der Waals surface area contributed by atoms with Crippen LogP contribution in [0.5, 0.6) is 0 Å². The number of carbonyl (C=O) groups is 1. The Balaban J connectivity index is 1.47. The SMILES string of the molecule is CN(C)Cc1ccccc1CNC(=O)c1ccc(-n2cnc3ccccc32)cc1. The monoisotopic (exact) mass is 384 g/mol. The van der Waals surface area contributed by atoms with Gasteiger partial charge in [0.1, 0.15) is 6.33 Å². The average molecular weight is 384 g/mol. The van der Waals surface area contributed by atoms with Crippen molar-refractivity contribution in [2.45, 2.75) is 13.1 Å². The molecule has 0 aliphatic carbocycles. The summed E-state index contributed by atoms with van der Waals surface area (Å²) in [5.74, 6) is -0.0771. The summed E-state index contributed by atoms with van der Waals surface area (Å²) in [6.07, 6.45) is 1.81. The lowest BCUT2D eigenvalue weighted by atomic mass is 10.1. The van der Waals surface area contributed by atoms with Gasteiger partial charge in [-0.15, -0.1) is 0 Å². The minimum absolute atomic E-state index is 0.0771. The maximum Gasteiger partial charge on any atom is 0.251 e. The standard InChI is InChI=1S/C24H24N4O/c1-27(2)16-20-8-4-3-7-19(20)15-25-24(29)18-11-13-21(14-12-18)28-17-26-22-9-5-6-10-23(22)28/h3-14,17H,15-16H2,1-2H3,(H,25,29). The predicted octanol–water partition coefficient (Wildman–Crippen LogP) is 4.02. The average Bonchev–Trinajstić information content (AvgIpc) is 3.17. The summed E-state index contributed by atoms with van der Waals surface area (Å²) in [4.78, 5) is 19.2. The van der Waals surface area contributed by atoms with E-state index in [0.717, 1.165) is 28.8 Å². The molecular weight excluding hydrogens is 360 g/mol. The molecule has 1 heterocycles. The van der Waals surface area contributed by atoms with Crippen LogP contribution in [-0.2, 0) is 13.1 Å². The van der Waals surface area contributed by atoms with Crippen molar-refractivity contribution < 1.29 is 4.79 Å². The van der Waals surface area contributed by atoms with Gasteiger partial charge in [0.05, 0.1) is 11.0 Å². The molecule has 4 rings (SSSR count). The maximum atomic E-state index is 12.6. The molecule has 0 aliphatic rings. The number of nitrogens with zero attached hydrogens (tertiary/aromatic N) is 3. The molecule has 146 valence electrons. The first kappa shape index (κ1) is 18.9. The molecule has 29 heavy (non-hydrogen) atoms. The highest BCUT2D eigenvalue weighted by Crippen LogP contribution is 2.18. The number of benzene rings is 3.